The number of alkyl carbamates (subject to hydrolysis) is 1. The Kier molecular flexibility index (Phi) is 10.2. The normalized spacial score (nSPS) is 14.1. The van der Waals surface area contributed by atoms with E-state index in [0.717, 1.165) is 49.7 Å². The molecule has 5 heteroatoms. The number of carbonyl (C=O) groups is 2. The number of nitrogens with one attached hydrogen (secondary N) is 1. The Bertz CT molecular complexity index is 1140. The van der Waals surface area contributed by atoms with Crippen LogP contribution in [0.5, 0.6) is 0 Å². The summed E-state index contributed by atoms with van der Waals surface area (Å²) < 4.78 is 10.8. The second-order valence-electron chi connectivity index (χ2n) is 11.5. The van der Waals surface area contributed by atoms with Crippen LogP contribution in [-0.2, 0) is 20.7 Å². The van der Waals surface area contributed by atoms with Gasteiger partial charge >= 0.3 is 12.1 Å². The zero-order valence-electron chi connectivity index (χ0n) is 24.1. The van der Waals surface area contributed by atoms with Crippen LogP contribution in [0.1, 0.15) is 106 Å². The van der Waals surface area contributed by atoms with Crippen molar-refractivity contribution in [2.45, 2.75) is 104 Å². The fourth-order valence-corrected chi connectivity index (χ4v) is 5.03. The minimum absolute atomic E-state index is 0.0436. The molecule has 2 aromatic carbocycles. The van der Waals surface area contributed by atoms with Gasteiger partial charge in [0.2, 0.25) is 0 Å². The van der Waals surface area contributed by atoms with Crippen molar-refractivity contribution in [2.75, 3.05) is 6.61 Å². The summed E-state index contributed by atoms with van der Waals surface area (Å²) in [4.78, 5) is 25.4. The first kappa shape index (κ1) is 29.5. The molecule has 1 fully saturated rings. The number of unbranched alkanes of at least 4 members (excludes halogenated alkanes) is 2. The summed E-state index contributed by atoms with van der Waals surface area (Å²) in [6, 6.07) is 10.6. The van der Waals surface area contributed by atoms with Crippen molar-refractivity contribution in [1.82, 2.24) is 5.32 Å². The van der Waals surface area contributed by atoms with Crippen LogP contribution in [0.15, 0.2) is 43.0 Å². The summed E-state index contributed by atoms with van der Waals surface area (Å²) in [6.07, 6.45) is 8.03. The zero-order chi connectivity index (χ0) is 27.9. The molecule has 206 valence electrons. The zero-order valence-corrected chi connectivity index (χ0v) is 24.1. The van der Waals surface area contributed by atoms with Gasteiger partial charge in [-0.2, -0.15) is 0 Å². The van der Waals surface area contributed by atoms with Crippen molar-refractivity contribution < 1.29 is 19.1 Å². The van der Waals surface area contributed by atoms with Crippen LogP contribution in [-0.4, -0.2) is 24.3 Å². The molecule has 0 aliphatic heterocycles. The van der Waals surface area contributed by atoms with Crippen molar-refractivity contribution >= 4 is 12.1 Å². The number of benzene rings is 2. The molecule has 0 bridgehead atoms. The lowest BCUT2D eigenvalue weighted by molar-refractivity contribution is -0.143. The van der Waals surface area contributed by atoms with E-state index in [4.69, 9.17) is 9.47 Å². The second kappa shape index (κ2) is 13.1. The highest BCUT2D eigenvalue weighted by atomic mass is 16.6. The lowest BCUT2D eigenvalue weighted by Crippen LogP contribution is -2.36. The molecule has 1 saturated carbocycles. The van der Waals surface area contributed by atoms with Crippen molar-refractivity contribution in [3.63, 3.8) is 0 Å². The summed E-state index contributed by atoms with van der Waals surface area (Å²) in [6.45, 7) is 15.8. The summed E-state index contributed by atoms with van der Waals surface area (Å²) >= 11 is 0. The molecule has 0 unspecified atom stereocenters. The molecule has 0 spiro atoms. The molecule has 2 aromatic rings. The monoisotopic (exact) mass is 519 g/mol. The SMILES string of the molecule is C=CCCCCc1cc(C)cc(C)c1-c1cc(C2CC2)cc([C@H](CC(=O)OCC)NC(=O)OC(C)(C)C)c1. The first-order valence-electron chi connectivity index (χ1n) is 14.0. The molecule has 1 aliphatic carbocycles. The molecule has 38 heavy (non-hydrogen) atoms. The van der Waals surface area contributed by atoms with E-state index >= 15 is 0 Å². The van der Waals surface area contributed by atoms with E-state index in [-0.39, 0.29) is 12.4 Å². The Morgan fingerprint density at radius 1 is 1.11 bits per heavy atom. The first-order chi connectivity index (χ1) is 18.0. The van der Waals surface area contributed by atoms with Crippen LogP contribution in [0, 0.1) is 13.8 Å². The average Bonchev–Trinajstić information content (AvgIpc) is 3.65. The predicted molar refractivity (Wildman–Crippen MR) is 154 cm³/mol. The molecule has 3 rings (SSSR count). The van der Waals surface area contributed by atoms with Crippen molar-refractivity contribution in [3.8, 4) is 11.1 Å². The van der Waals surface area contributed by atoms with Crippen LogP contribution >= 0.6 is 0 Å². The Balaban J connectivity index is 2.06. The Morgan fingerprint density at radius 2 is 1.84 bits per heavy atom. The van der Waals surface area contributed by atoms with Gasteiger partial charge in [0.15, 0.2) is 0 Å². The molecule has 0 radical (unpaired) electrons. The Hall–Kier alpha value is -3.08. The highest BCUT2D eigenvalue weighted by Gasteiger charge is 2.28. The number of carbonyl (C=O) groups excluding carboxylic acids is 2. The number of allylic oxidation sites excluding steroid dienone is 1. The predicted octanol–water partition coefficient (Wildman–Crippen LogP) is 8.27. The molecule has 5 nitrogen and oxygen atoms in total. The number of hydrogen-bond acceptors (Lipinski definition) is 4. The van der Waals surface area contributed by atoms with Gasteiger partial charge in [-0.25, -0.2) is 4.79 Å². The minimum atomic E-state index is -0.640. The summed E-state index contributed by atoms with van der Waals surface area (Å²) in [7, 11) is 0. The minimum Gasteiger partial charge on any atom is -0.466 e. The van der Waals surface area contributed by atoms with Gasteiger partial charge in [-0.15, -0.1) is 6.58 Å². The number of amides is 1. The molecule has 1 aliphatic rings. The molecule has 1 amide bonds. The quantitative estimate of drug-likeness (QED) is 0.174. The maximum absolute atomic E-state index is 12.8. The Morgan fingerprint density at radius 3 is 2.47 bits per heavy atom. The fraction of sp³-hybridized carbons (Fsp3) is 0.515. The van der Waals surface area contributed by atoms with Crippen molar-refractivity contribution in [3.05, 3.63) is 70.8 Å². The standard InChI is InChI=1S/C33H45NO4/c1-8-10-11-12-13-25-17-22(3)16-23(4)31(25)28-19-26(24-14-15-24)18-27(20-28)29(21-30(35)37-9-2)34-32(36)38-33(5,6)7/h8,16-20,24,29H,1,9-15,21H2,2-7H3,(H,34,36)/t29-/m0/s1. The van der Waals surface area contributed by atoms with E-state index in [9.17, 15) is 9.59 Å². The van der Waals surface area contributed by atoms with Gasteiger partial charge in [0.05, 0.1) is 19.1 Å². The molecule has 1 N–H and O–H groups in total. The van der Waals surface area contributed by atoms with E-state index in [1.54, 1.807) is 6.92 Å². The van der Waals surface area contributed by atoms with E-state index in [1.807, 2.05) is 26.8 Å². The lowest BCUT2D eigenvalue weighted by Gasteiger charge is -2.25. The van der Waals surface area contributed by atoms with Gasteiger partial charge in [-0.05, 0) is 125 Å². The third kappa shape index (κ3) is 8.75. The van der Waals surface area contributed by atoms with E-state index in [1.165, 1.54) is 27.8 Å². The molecule has 0 aromatic heterocycles. The number of ether oxygens (including phenoxy) is 2. The first-order valence-corrected chi connectivity index (χ1v) is 14.0. The summed E-state index contributed by atoms with van der Waals surface area (Å²) in [5.41, 5.74) is 7.76. The van der Waals surface area contributed by atoms with Gasteiger partial charge in [0.1, 0.15) is 5.60 Å². The van der Waals surface area contributed by atoms with Crippen LogP contribution in [0.25, 0.3) is 11.1 Å². The molecular weight excluding hydrogens is 474 g/mol. The average molecular weight is 520 g/mol. The topological polar surface area (TPSA) is 64.6 Å². The van der Waals surface area contributed by atoms with Crippen molar-refractivity contribution in [1.29, 1.82) is 0 Å². The lowest BCUT2D eigenvalue weighted by atomic mass is 9.87. The highest BCUT2D eigenvalue weighted by Crippen LogP contribution is 2.43. The van der Waals surface area contributed by atoms with Crippen molar-refractivity contribution in [2.24, 2.45) is 0 Å². The molecule has 0 saturated heterocycles. The van der Waals surface area contributed by atoms with Gasteiger partial charge < -0.3 is 14.8 Å². The largest absolute Gasteiger partial charge is 0.466 e. The smallest absolute Gasteiger partial charge is 0.408 e. The van der Waals surface area contributed by atoms with E-state index in [0.29, 0.717) is 12.5 Å². The highest BCUT2D eigenvalue weighted by molar-refractivity contribution is 5.76. The van der Waals surface area contributed by atoms with Crippen LogP contribution in [0.2, 0.25) is 0 Å². The van der Waals surface area contributed by atoms with Gasteiger partial charge in [0, 0.05) is 0 Å². The maximum Gasteiger partial charge on any atom is 0.408 e. The molecular formula is C33H45NO4. The Labute approximate surface area is 229 Å². The number of hydrogen-bond donors (Lipinski definition) is 1. The summed E-state index contributed by atoms with van der Waals surface area (Å²) in [5.74, 6) is 0.168. The maximum atomic E-state index is 12.8. The number of rotatable bonds is 12. The van der Waals surface area contributed by atoms with Gasteiger partial charge in [0.25, 0.3) is 0 Å². The fourth-order valence-electron chi connectivity index (χ4n) is 5.03. The number of aryl methyl sites for hydroxylation is 3. The van der Waals surface area contributed by atoms with Crippen LogP contribution in [0.4, 0.5) is 4.79 Å². The van der Waals surface area contributed by atoms with E-state index in [2.05, 4.69) is 56.1 Å². The molecule has 1 atom stereocenters. The van der Waals surface area contributed by atoms with Gasteiger partial charge in [-0.1, -0.05) is 35.9 Å². The van der Waals surface area contributed by atoms with Crippen LogP contribution < -0.4 is 5.32 Å². The summed E-state index contributed by atoms with van der Waals surface area (Å²) in [5, 5.41) is 2.96. The number of esters is 1. The van der Waals surface area contributed by atoms with Crippen LogP contribution in [0.3, 0.4) is 0 Å². The second-order valence-corrected chi connectivity index (χ2v) is 11.5. The third-order valence-corrected chi connectivity index (χ3v) is 6.75. The third-order valence-electron chi connectivity index (χ3n) is 6.75. The molecule has 0 heterocycles. The van der Waals surface area contributed by atoms with E-state index < -0.39 is 17.7 Å². The van der Waals surface area contributed by atoms with Gasteiger partial charge in [-0.3, -0.25) is 4.79 Å².